The van der Waals surface area contributed by atoms with Gasteiger partial charge in [0.25, 0.3) is 0 Å². The monoisotopic (exact) mass is 424 g/mol. The number of alkyl halides is 3. The molecule has 2 aromatic rings. The third-order valence-corrected chi connectivity index (χ3v) is 6.59. The average Bonchev–Trinajstić information content (AvgIpc) is 3.13. The van der Waals surface area contributed by atoms with Gasteiger partial charge in [-0.05, 0) is 49.1 Å². The van der Waals surface area contributed by atoms with Gasteiger partial charge in [0, 0.05) is 10.6 Å². The van der Waals surface area contributed by atoms with Crippen LogP contribution >= 0.6 is 11.3 Å². The zero-order valence-electron chi connectivity index (χ0n) is 16.8. The molecule has 0 aliphatic heterocycles. The van der Waals surface area contributed by atoms with Crippen LogP contribution in [0.4, 0.5) is 18.2 Å². The van der Waals surface area contributed by atoms with E-state index in [1.54, 1.807) is 0 Å². The second-order valence-electron chi connectivity index (χ2n) is 8.50. The second kappa shape index (κ2) is 7.48. The van der Waals surface area contributed by atoms with Gasteiger partial charge in [-0.3, -0.25) is 9.48 Å². The van der Waals surface area contributed by atoms with Gasteiger partial charge in [0.05, 0.1) is 5.56 Å². The van der Waals surface area contributed by atoms with E-state index in [0.29, 0.717) is 16.5 Å². The lowest BCUT2D eigenvalue weighted by molar-refractivity contribution is -0.141. The number of thiophene rings is 1. The van der Waals surface area contributed by atoms with Crippen molar-refractivity contribution < 1.29 is 18.0 Å². The van der Waals surface area contributed by atoms with E-state index in [-0.39, 0.29) is 17.7 Å². The Morgan fingerprint density at radius 1 is 1.41 bits per heavy atom. The first kappa shape index (κ1) is 21.4. The highest BCUT2D eigenvalue weighted by molar-refractivity contribution is 7.16. The topological polar surface area (TPSA) is 70.7 Å². The predicted molar refractivity (Wildman–Crippen MR) is 105 cm³/mol. The van der Waals surface area contributed by atoms with Crippen LogP contribution in [0.1, 0.15) is 54.6 Å². The molecule has 0 bridgehead atoms. The molecule has 0 saturated carbocycles. The van der Waals surface area contributed by atoms with Crippen molar-refractivity contribution in [2.45, 2.75) is 59.7 Å². The summed E-state index contributed by atoms with van der Waals surface area (Å²) < 4.78 is 39.4. The number of aromatic nitrogens is 2. The molecule has 0 saturated heterocycles. The number of nitrogens with zero attached hydrogens (tertiary/aromatic N) is 3. The van der Waals surface area contributed by atoms with Crippen LogP contribution in [0.2, 0.25) is 0 Å². The molecule has 0 spiro atoms. The highest BCUT2D eigenvalue weighted by Crippen LogP contribution is 2.44. The third-order valence-electron chi connectivity index (χ3n) is 5.42. The number of amides is 1. The lowest BCUT2D eigenvalue weighted by Gasteiger charge is -2.33. The van der Waals surface area contributed by atoms with Crippen molar-refractivity contribution in [3.63, 3.8) is 0 Å². The van der Waals surface area contributed by atoms with Crippen LogP contribution in [0.3, 0.4) is 0 Å². The molecular weight excluding hydrogens is 401 g/mol. The number of hydrogen-bond acceptors (Lipinski definition) is 4. The molecule has 156 valence electrons. The minimum atomic E-state index is -4.56. The van der Waals surface area contributed by atoms with E-state index in [9.17, 15) is 23.2 Å². The van der Waals surface area contributed by atoms with Crippen LogP contribution in [0, 0.1) is 29.6 Å². The molecule has 2 heterocycles. The number of hydrogen-bond donors (Lipinski definition) is 1. The van der Waals surface area contributed by atoms with Crippen molar-refractivity contribution in [3.8, 4) is 6.07 Å². The predicted octanol–water partition coefficient (Wildman–Crippen LogP) is 4.93. The standard InChI is InChI=1S/C20H23F3N4OS/c1-11-7-16(20(21,22)23)26-27(11)10-17(28)25-18-14(9-24)13-6-5-12(19(2,3)4)8-15(13)29-18/h7,12H,5-6,8,10H2,1-4H3,(H,25,28). The Labute approximate surface area is 171 Å². The molecule has 2 aromatic heterocycles. The van der Waals surface area contributed by atoms with Crippen LogP contribution in [0.25, 0.3) is 0 Å². The molecule has 5 nitrogen and oxygen atoms in total. The van der Waals surface area contributed by atoms with E-state index < -0.39 is 17.8 Å². The van der Waals surface area contributed by atoms with E-state index >= 15 is 0 Å². The number of fused-ring (bicyclic) bond motifs is 1. The summed E-state index contributed by atoms with van der Waals surface area (Å²) >= 11 is 1.39. The number of nitrogens with one attached hydrogen (secondary N) is 1. The molecule has 9 heteroatoms. The molecular formula is C20H23F3N4OS. The van der Waals surface area contributed by atoms with Crippen molar-refractivity contribution in [3.05, 3.63) is 33.5 Å². The summed E-state index contributed by atoms with van der Waals surface area (Å²) in [4.78, 5) is 13.6. The Morgan fingerprint density at radius 2 is 2.10 bits per heavy atom. The van der Waals surface area contributed by atoms with Gasteiger partial charge in [-0.2, -0.15) is 23.5 Å². The highest BCUT2D eigenvalue weighted by atomic mass is 32.1. The highest BCUT2D eigenvalue weighted by Gasteiger charge is 2.35. The van der Waals surface area contributed by atoms with E-state index in [2.05, 4.69) is 37.3 Å². The first-order valence-corrected chi connectivity index (χ1v) is 10.2. The summed E-state index contributed by atoms with van der Waals surface area (Å²) in [6.07, 6.45) is -1.92. The van der Waals surface area contributed by atoms with Gasteiger partial charge < -0.3 is 5.32 Å². The Bertz CT molecular complexity index is 976. The fourth-order valence-corrected chi connectivity index (χ4v) is 4.94. The maximum Gasteiger partial charge on any atom is 0.435 e. The van der Waals surface area contributed by atoms with Crippen LogP contribution in [0.15, 0.2) is 6.07 Å². The van der Waals surface area contributed by atoms with Crippen molar-refractivity contribution in [2.75, 3.05) is 5.32 Å². The molecule has 3 rings (SSSR count). The molecule has 1 atom stereocenters. The summed E-state index contributed by atoms with van der Waals surface area (Å²) in [5, 5.41) is 16.2. The summed E-state index contributed by atoms with van der Waals surface area (Å²) in [6, 6.07) is 3.09. The molecule has 1 amide bonds. The molecule has 0 radical (unpaired) electrons. The lowest BCUT2D eigenvalue weighted by atomic mass is 9.72. The van der Waals surface area contributed by atoms with Gasteiger partial charge >= 0.3 is 6.18 Å². The maximum absolute atomic E-state index is 12.8. The number of nitriles is 1. The Kier molecular flexibility index (Phi) is 5.52. The Balaban J connectivity index is 1.78. The largest absolute Gasteiger partial charge is 0.435 e. The molecule has 1 aliphatic carbocycles. The maximum atomic E-state index is 12.8. The fraction of sp³-hybridized carbons (Fsp3) is 0.550. The van der Waals surface area contributed by atoms with Crippen molar-refractivity contribution >= 4 is 22.2 Å². The van der Waals surface area contributed by atoms with E-state index in [1.807, 2.05) is 0 Å². The average molecular weight is 424 g/mol. The molecule has 1 N–H and O–H groups in total. The lowest BCUT2D eigenvalue weighted by Crippen LogP contribution is -2.26. The molecule has 1 aliphatic rings. The molecule has 1 unspecified atom stereocenters. The number of rotatable bonds is 3. The number of carbonyl (C=O) groups excluding carboxylic acids is 1. The van der Waals surface area contributed by atoms with Gasteiger partial charge in [0.1, 0.15) is 17.6 Å². The zero-order valence-corrected chi connectivity index (χ0v) is 17.6. The minimum absolute atomic E-state index is 0.158. The Morgan fingerprint density at radius 3 is 2.66 bits per heavy atom. The fourth-order valence-electron chi connectivity index (χ4n) is 3.64. The summed E-state index contributed by atoms with van der Waals surface area (Å²) in [5.41, 5.74) is 0.833. The first-order chi connectivity index (χ1) is 13.4. The molecule has 29 heavy (non-hydrogen) atoms. The third kappa shape index (κ3) is 4.47. The minimum Gasteiger partial charge on any atom is -0.315 e. The number of halogens is 3. The van der Waals surface area contributed by atoms with Crippen molar-refractivity contribution in [1.82, 2.24) is 9.78 Å². The van der Waals surface area contributed by atoms with E-state index in [4.69, 9.17) is 0 Å². The molecule has 0 aromatic carbocycles. The second-order valence-corrected chi connectivity index (χ2v) is 9.61. The molecule has 0 fully saturated rings. The van der Waals surface area contributed by atoms with Gasteiger partial charge in [-0.25, -0.2) is 0 Å². The van der Waals surface area contributed by atoms with Crippen LogP contribution in [-0.2, 0) is 30.4 Å². The quantitative estimate of drug-likeness (QED) is 0.759. The zero-order chi connectivity index (χ0) is 21.6. The number of aryl methyl sites for hydroxylation is 1. The van der Waals surface area contributed by atoms with E-state index in [1.165, 1.54) is 18.3 Å². The van der Waals surface area contributed by atoms with Crippen molar-refractivity contribution in [1.29, 1.82) is 5.26 Å². The first-order valence-electron chi connectivity index (χ1n) is 9.36. The van der Waals surface area contributed by atoms with Gasteiger partial charge in [-0.1, -0.05) is 20.8 Å². The van der Waals surface area contributed by atoms with Crippen LogP contribution in [0.5, 0.6) is 0 Å². The van der Waals surface area contributed by atoms with Gasteiger partial charge in [-0.15, -0.1) is 11.3 Å². The van der Waals surface area contributed by atoms with Crippen LogP contribution in [-0.4, -0.2) is 15.7 Å². The van der Waals surface area contributed by atoms with Gasteiger partial charge in [0.15, 0.2) is 5.69 Å². The number of carbonyl (C=O) groups is 1. The Hall–Kier alpha value is -2.34. The van der Waals surface area contributed by atoms with Crippen LogP contribution < -0.4 is 5.32 Å². The summed E-state index contributed by atoms with van der Waals surface area (Å²) in [6.45, 7) is 7.72. The summed E-state index contributed by atoms with van der Waals surface area (Å²) in [5.74, 6) is -0.0105. The van der Waals surface area contributed by atoms with Gasteiger partial charge in [0.2, 0.25) is 5.91 Å². The summed E-state index contributed by atoms with van der Waals surface area (Å²) in [7, 11) is 0. The number of anilines is 1. The smallest absolute Gasteiger partial charge is 0.315 e. The normalized spacial score (nSPS) is 17.0. The van der Waals surface area contributed by atoms with Crippen molar-refractivity contribution in [2.24, 2.45) is 11.3 Å². The van der Waals surface area contributed by atoms with E-state index in [0.717, 1.165) is 40.5 Å². The SMILES string of the molecule is Cc1cc(C(F)(F)F)nn1CC(=O)Nc1sc2c(c1C#N)CCC(C(C)(C)C)C2.